The first-order chi connectivity index (χ1) is 13.9. The van der Waals surface area contributed by atoms with Gasteiger partial charge in [-0.3, -0.25) is 4.90 Å². The lowest BCUT2D eigenvalue weighted by Crippen LogP contribution is -2.39. The minimum absolute atomic E-state index is 0.0626. The van der Waals surface area contributed by atoms with E-state index < -0.39 is 9.84 Å². The van der Waals surface area contributed by atoms with E-state index in [1.54, 1.807) is 36.5 Å². The van der Waals surface area contributed by atoms with Crippen molar-refractivity contribution < 1.29 is 18.3 Å². The average molecular weight is 413 g/mol. The summed E-state index contributed by atoms with van der Waals surface area (Å²) >= 11 is 0. The SMILES string of the molecule is CS(=O)(=O)c1ccc(-c2cnc([C@@H]3COCCN3Cc3ccccc3O)[nH]2)cc1. The lowest BCUT2D eigenvalue weighted by atomic mass is 10.1. The van der Waals surface area contributed by atoms with Gasteiger partial charge >= 0.3 is 0 Å². The molecule has 1 aliphatic heterocycles. The Morgan fingerprint density at radius 2 is 1.97 bits per heavy atom. The van der Waals surface area contributed by atoms with Crippen molar-refractivity contribution in [2.75, 3.05) is 26.0 Å². The van der Waals surface area contributed by atoms with E-state index in [9.17, 15) is 13.5 Å². The number of ether oxygens (including phenoxy) is 1. The third-order valence-corrected chi connectivity index (χ3v) is 6.24. The fraction of sp³-hybridized carbons (Fsp3) is 0.286. The van der Waals surface area contributed by atoms with Gasteiger partial charge < -0.3 is 14.8 Å². The third-order valence-electron chi connectivity index (χ3n) is 5.11. The number of hydrogen-bond donors (Lipinski definition) is 2. The maximum absolute atomic E-state index is 11.6. The van der Waals surface area contributed by atoms with Crippen LogP contribution >= 0.6 is 0 Å². The van der Waals surface area contributed by atoms with E-state index in [4.69, 9.17) is 4.74 Å². The predicted molar refractivity (Wildman–Crippen MR) is 109 cm³/mol. The molecule has 29 heavy (non-hydrogen) atoms. The van der Waals surface area contributed by atoms with Crippen LogP contribution in [0.2, 0.25) is 0 Å². The molecular weight excluding hydrogens is 390 g/mol. The first-order valence-electron chi connectivity index (χ1n) is 9.36. The summed E-state index contributed by atoms with van der Waals surface area (Å²) in [5, 5.41) is 10.1. The minimum Gasteiger partial charge on any atom is -0.508 e. The van der Waals surface area contributed by atoms with Gasteiger partial charge in [-0.15, -0.1) is 0 Å². The molecule has 3 aromatic rings. The van der Waals surface area contributed by atoms with Crippen molar-refractivity contribution in [3.8, 4) is 17.0 Å². The quantitative estimate of drug-likeness (QED) is 0.668. The second kappa shape index (κ2) is 7.98. The van der Waals surface area contributed by atoms with Crippen LogP contribution in [-0.2, 0) is 21.1 Å². The Hall–Kier alpha value is -2.68. The summed E-state index contributed by atoms with van der Waals surface area (Å²) < 4.78 is 29.0. The maximum atomic E-state index is 11.6. The molecule has 0 radical (unpaired) electrons. The Kier molecular flexibility index (Phi) is 5.40. The van der Waals surface area contributed by atoms with Gasteiger partial charge in [-0.1, -0.05) is 30.3 Å². The van der Waals surface area contributed by atoms with Gasteiger partial charge in [0.25, 0.3) is 0 Å². The third kappa shape index (κ3) is 4.34. The van der Waals surface area contributed by atoms with Crippen LogP contribution < -0.4 is 0 Å². The summed E-state index contributed by atoms with van der Waals surface area (Å²) in [6, 6.07) is 14.0. The molecule has 2 N–H and O–H groups in total. The molecule has 2 heterocycles. The van der Waals surface area contributed by atoms with Gasteiger partial charge in [-0.05, 0) is 23.8 Å². The second-order valence-electron chi connectivity index (χ2n) is 7.17. The number of phenolic OH excluding ortho intramolecular Hbond substituents is 1. The second-order valence-corrected chi connectivity index (χ2v) is 9.18. The number of morpholine rings is 1. The molecular formula is C21H23N3O4S. The van der Waals surface area contributed by atoms with Crippen LogP contribution in [0.4, 0.5) is 0 Å². The molecule has 1 saturated heterocycles. The number of nitrogens with one attached hydrogen (secondary N) is 1. The fourth-order valence-electron chi connectivity index (χ4n) is 3.48. The predicted octanol–water partition coefficient (Wildman–Crippen LogP) is 2.76. The van der Waals surface area contributed by atoms with Crippen molar-refractivity contribution in [2.24, 2.45) is 0 Å². The number of hydrogen-bond acceptors (Lipinski definition) is 6. The van der Waals surface area contributed by atoms with Crippen LogP contribution in [0.15, 0.2) is 59.6 Å². The van der Waals surface area contributed by atoms with E-state index in [1.165, 1.54) is 6.26 Å². The van der Waals surface area contributed by atoms with Crippen LogP contribution in [0, 0.1) is 0 Å². The highest BCUT2D eigenvalue weighted by Gasteiger charge is 2.27. The number of rotatable bonds is 5. The Labute approximate surface area is 169 Å². The Balaban J connectivity index is 1.56. The topological polar surface area (TPSA) is 95.5 Å². The van der Waals surface area contributed by atoms with Gasteiger partial charge in [-0.25, -0.2) is 13.4 Å². The zero-order valence-corrected chi connectivity index (χ0v) is 16.9. The summed E-state index contributed by atoms with van der Waals surface area (Å²) in [5.74, 6) is 1.06. The van der Waals surface area contributed by atoms with Gasteiger partial charge in [0, 0.05) is 24.9 Å². The molecule has 8 heteroatoms. The van der Waals surface area contributed by atoms with E-state index >= 15 is 0 Å². The van der Waals surface area contributed by atoms with Gasteiger partial charge in [0.1, 0.15) is 11.6 Å². The van der Waals surface area contributed by atoms with Gasteiger partial charge in [0.2, 0.25) is 0 Å². The molecule has 0 unspecified atom stereocenters. The zero-order chi connectivity index (χ0) is 20.4. The molecule has 152 valence electrons. The molecule has 2 aromatic carbocycles. The summed E-state index contributed by atoms with van der Waals surface area (Å²) in [5.41, 5.74) is 2.54. The molecule has 0 aliphatic carbocycles. The molecule has 1 aliphatic rings. The number of nitrogens with zero attached hydrogens (tertiary/aromatic N) is 2. The minimum atomic E-state index is -3.22. The number of imidazole rings is 1. The van der Waals surface area contributed by atoms with E-state index in [1.807, 2.05) is 18.2 Å². The van der Waals surface area contributed by atoms with E-state index in [0.29, 0.717) is 19.8 Å². The number of aromatic nitrogens is 2. The average Bonchev–Trinajstić information content (AvgIpc) is 3.20. The van der Waals surface area contributed by atoms with Gasteiger partial charge in [0.15, 0.2) is 9.84 Å². The molecule has 7 nitrogen and oxygen atoms in total. The largest absolute Gasteiger partial charge is 0.508 e. The summed E-state index contributed by atoms with van der Waals surface area (Å²) in [4.78, 5) is 10.4. The number of para-hydroxylation sites is 1. The highest BCUT2D eigenvalue weighted by molar-refractivity contribution is 7.90. The first kappa shape index (κ1) is 19.6. The van der Waals surface area contributed by atoms with Crippen LogP contribution in [-0.4, -0.2) is 54.4 Å². The number of aromatic hydroxyl groups is 1. The van der Waals surface area contributed by atoms with Gasteiger partial charge in [0.05, 0.1) is 36.0 Å². The number of phenols is 1. The maximum Gasteiger partial charge on any atom is 0.175 e. The molecule has 1 aromatic heterocycles. The van der Waals surface area contributed by atoms with Crippen molar-refractivity contribution in [1.82, 2.24) is 14.9 Å². The van der Waals surface area contributed by atoms with Crippen molar-refractivity contribution in [2.45, 2.75) is 17.5 Å². The summed E-state index contributed by atoms with van der Waals surface area (Å²) in [6.07, 6.45) is 2.94. The van der Waals surface area contributed by atoms with Crippen molar-refractivity contribution in [1.29, 1.82) is 0 Å². The summed E-state index contributed by atoms with van der Waals surface area (Å²) in [6.45, 7) is 2.47. The lowest BCUT2D eigenvalue weighted by molar-refractivity contribution is -0.0158. The Bertz CT molecular complexity index is 1090. The molecule has 4 rings (SSSR count). The standard InChI is InChI=1S/C21H23N3O4S/c1-29(26,27)17-8-6-15(7-9-17)18-12-22-21(23-18)19-14-28-11-10-24(19)13-16-4-2-3-5-20(16)25/h2-9,12,19,25H,10-11,13-14H2,1H3,(H,22,23)/t19-/m0/s1. The Morgan fingerprint density at radius 1 is 1.21 bits per heavy atom. The fourth-order valence-corrected chi connectivity index (χ4v) is 4.11. The highest BCUT2D eigenvalue weighted by atomic mass is 32.2. The Morgan fingerprint density at radius 3 is 2.69 bits per heavy atom. The lowest BCUT2D eigenvalue weighted by Gasteiger charge is -2.34. The number of sulfone groups is 1. The molecule has 1 atom stereocenters. The molecule has 0 bridgehead atoms. The van der Waals surface area contributed by atoms with Crippen molar-refractivity contribution in [3.63, 3.8) is 0 Å². The van der Waals surface area contributed by atoms with E-state index in [0.717, 1.165) is 29.2 Å². The summed E-state index contributed by atoms with van der Waals surface area (Å²) in [7, 11) is -3.22. The molecule has 0 amide bonds. The first-order valence-corrected chi connectivity index (χ1v) is 11.2. The molecule has 0 saturated carbocycles. The molecule has 0 spiro atoms. The van der Waals surface area contributed by atoms with E-state index in [-0.39, 0.29) is 16.7 Å². The smallest absolute Gasteiger partial charge is 0.175 e. The van der Waals surface area contributed by atoms with Crippen LogP contribution in [0.5, 0.6) is 5.75 Å². The van der Waals surface area contributed by atoms with Gasteiger partial charge in [-0.2, -0.15) is 0 Å². The molecule has 1 fully saturated rings. The zero-order valence-electron chi connectivity index (χ0n) is 16.1. The number of aromatic amines is 1. The normalized spacial score (nSPS) is 18.0. The van der Waals surface area contributed by atoms with Crippen LogP contribution in [0.1, 0.15) is 17.4 Å². The number of H-pyrrole nitrogens is 1. The monoisotopic (exact) mass is 413 g/mol. The van der Waals surface area contributed by atoms with Crippen LogP contribution in [0.25, 0.3) is 11.3 Å². The van der Waals surface area contributed by atoms with Crippen LogP contribution in [0.3, 0.4) is 0 Å². The van der Waals surface area contributed by atoms with Crippen molar-refractivity contribution >= 4 is 9.84 Å². The van der Waals surface area contributed by atoms with E-state index in [2.05, 4.69) is 14.9 Å². The van der Waals surface area contributed by atoms with Crippen molar-refractivity contribution in [3.05, 3.63) is 66.1 Å². The number of benzene rings is 2. The highest BCUT2D eigenvalue weighted by Crippen LogP contribution is 2.28.